The van der Waals surface area contributed by atoms with Gasteiger partial charge in [-0.2, -0.15) is 5.26 Å². The number of hydrogen-bond donors (Lipinski definition) is 2. The van der Waals surface area contributed by atoms with Gasteiger partial charge < -0.3 is 10.6 Å². The Morgan fingerprint density at radius 2 is 1.62 bits per heavy atom. The number of halogens is 2. The molecule has 2 N–H and O–H groups in total. The van der Waals surface area contributed by atoms with Crippen LogP contribution in [0.25, 0.3) is 0 Å². The Kier molecular flexibility index (Phi) is 6.02. The lowest BCUT2D eigenvalue weighted by Gasteiger charge is -2.22. The van der Waals surface area contributed by atoms with Gasteiger partial charge in [0, 0.05) is 5.69 Å². The van der Waals surface area contributed by atoms with Crippen LogP contribution in [0, 0.1) is 28.9 Å². The summed E-state index contributed by atoms with van der Waals surface area (Å²) in [5.41, 5.74) is 0.141. The van der Waals surface area contributed by atoms with Gasteiger partial charge >= 0.3 is 0 Å². The maximum Gasteiger partial charge on any atom is 0.257 e. The molecule has 0 saturated heterocycles. The average Bonchev–Trinajstić information content (AvgIpc) is 2.59. The molecule has 0 aromatic heterocycles. The molecule has 0 saturated carbocycles. The van der Waals surface area contributed by atoms with Crippen molar-refractivity contribution in [2.75, 3.05) is 5.32 Å². The van der Waals surface area contributed by atoms with Crippen LogP contribution in [-0.4, -0.2) is 17.9 Å². The first-order valence-electron chi connectivity index (χ1n) is 7.89. The minimum absolute atomic E-state index is 0.327. The number of hydrogen-bond acceptors (Lipinski definition) is 3. The van der Waals surface area contributed by atoms with Crippen molar-refractivity contribution in [2.45, 2.75) is 19.9 Å². The third kappa shape index (κ3) is 4.42. The van der Waals surface area contributed by atoms with Crippen LogP contribution in [0.15, 0.2) is 42.5 Å². The van der Waals surface area contributed by atoms with Crippen molar-refractivity contribution in [1.82, 2.24) is 5.32 Å². The summed E-state index contributed by atoms with van der Waals surface area (Å²) in [6.45, 7) is 3.39. The van der Waals surface area contributed by atoms with E-state index < -0.39 is 35.1 Å². The zero-order chi connectivity index (χ0) is 19.3. The van der Waals surface area contributed by atoms with E-state index >= 15 is 0 Å². The number of nitriles is 1. The summed E-state index contributed by atoms with van der Waals surface area (Å²) in [5.74, 6) is -3.87. The molecule has 26 heavy (non-hydrogen) atoms. The van der Waals surface area contributed by atoms with Crippen LogP contribution in [0.4, 0.5) is 14.5 Å². The fourth-order valence-electron chi connectivity index (χ4n) is 2.31. The third-order valence-electron chi connectivity index (χ3n) is 3.71. The molecule has 0 fully saturated rings. The predicted octanol–water partition coefficient (Wildman–Crippen LogP) is 3.23. The fourth-order valence-corrected chi connectivity index (χ4v) is 2.31. The van der Waals surface area contributed by atoms with Crippen molar-refractivity contribution in [3.05, 3.63) is 65.2 Å². The molecule has 2 amide bonds. The number of carbonyl (C=O) groups is 2. The Morgan fingerprint density at radius 1 is 1.04 bits per heavy atom. The zero-order valence-corrected chi connectivity index (χ0v) is 14.2. The molecular weight excluding hydrogens is 340 g/mol. The zero-order valence-electron chi connectivity index (χ0n) is 14.2. The van der Waals surface area contributed by atoms with E-state index in [1.165, 1.54) is 12.1 Å². The van der Waals surface area contributed by atoms with Gasteiger partial charge in [-0.25, -0.2) is 8.78 Å². The molecule has 0 radical (unpaired) electrons. The number of nitrogens with zero attached hydrogens (tertiary/aromatic N) is 1. The van der Waals surface area contributed by atoms with Gasteiger partial charge in [0.25, 0.3) is 5.91 Å². The van der Waals surface area contributed by atoms with Crippen molar-refractivity contribution in [1.29, 1.82) is 5.26 Å². The second kappa shape index (κ2) is 8.21. The molecule has 2 aromatic rings. The Balaban J connectivity index is 2.16. The van der Waals surface area contributed by atoms with Gasteiger partial charge in [0.05, 0.1) is 11.6 Å². The second-order valence-electron chi connectivity index (χ2n) is 5.97. The van der Waals surface area contributed by atoms with E-state index in [2.05, 4.69) is 10.6 Å². The van der Waals surface area contributed by atoms with Crippen LogP contribution in [-0.2, 0) is 4.79 Å². The molecule has 5 nitrogen and oxygen atoms in total. The van der Waals surface area contributed by atoms with Gasteiger partial charge in [0.15, 0.2) is 0 Å². The lowest BCUT2D eigenvalue weighted by molar-refractivity contribution is -0.118. The normalized spacial score (nSPS) is 11.5. The Labute approximate surface area is 149 Å². The molecule has 7 heteroatoms. The highest BCUT2D eigenvalue weighted by molar-refractivity contribution is 6.01. The van der Waals surface area contributed by atoms with Crippen molar-refractivity contribution in [2.24, 2.45) is 5.92 Å². The first kappa shape index (κ1) is 19.1. The highest BCUT2D eigenvalue weighted by Crippen LogP contribution is 2.15. The van der Waals surface area contributed by atoms with Crippen LogP contribution in [0.5, 0.6) is 0 Å². The monoisotopic (exact) mass is 357 g/mol. The number of rotatable bonds is 5. The topological polar surface area (TPSA) is 82.0 Å². The van der Waals surface area contributed by atoms with E-state index in [4.69, 9.17) is 5.26 Å². The van der Waals surface area contributed by atoms with Crippen LogP contribution < -0.4 is 10.6 Å². The standard InChI is InChI=1S/C19H17F2N3O2/c1-11(2)17(19(26)23-13-8-6-12(10-22)7-9-13)24-18(25)16-14(20)4-3-5-15(16)21/h3-9,11,17H,1-2H3,(H,23,26)(H,24,25). The average molecular weight is 357 g/mol. The molecule has 0 aliphatic rings. The van der Waals surface area contributed by atoms with Gasteiger partial charge in [0.2, 0.25) is 5.91 Å². The Hall–Kier alpha value is -3.27. The van der Waals surface area contributed by atoms with Crippen LogP contribution in [0.3, 0.4) is 0 Å². The second-order valence-corrected chi connectivity index (χ2v) is 5.97. The predicted molar refractivity (Wildman–Crippen MR) is 92.2 cm³/mol. The Bertz CT molecular complexity index is 838. The summed E-state index contributed by atoms with van der Waals surface area (Å²) in [6, 6.07) is 10.2. The maximum absolute atomic E-state index is 13.7. The molecule has 1 atom stereocenters. The van der Waals surface area contributed by atoms with Gasteiger partial charge in [-0.15, -0.1) is 0 Å². The molecule has 0 spiro atoms. The minimum atomic E-state index is -1.01. The quantitative estimate of drug-likeness (QED) is 0.862. The molecule has 2 aromatic carbocycles. The highest BCUT2D eigenvalue weighted by Gasteiger charge is 2.27. The summed E-state index contributed by atoms with van der Waals surface area (Å²) in [7, 11) is 0. The number of benzene rings is 2. The fraction of sp³-hybridized carbons (Fsp3) is 0.211. The third-order valence-corrected chi connectivity index (χ3v) is 3.71. The summed E-state index contributed by atoms with van der Waals surface area (Å²) in [4.78, 5) is 24.7. The summed E-state index contributed by atoms with van der Waals surface area (Å²) < 4.78 is 27.5. The number of carbonyl (C=O) groups excluding carboxylic acids is 2. The van der Waals surface area contributed by atoms with E-state index in [0.29, 0.717) is 11.3 Å². The number of nitrogens with one attached hydrogen (secondary N) is 2. The first-order valence-corrected chi connectivity index (χ1v) is 7.89. The molecule has 1 unspecified atom stereocenters. The van der Waals surface area contributed by atoms with Gasteiger partial charge in [-0.3, -0.25) is 9.59 Å². The largest absolute Gasteiger partial charge is 0.340 e. The van der Waals surface area contributed by atoms with Crippen molar-refractivity contribution in [3.8, 4) is 6.07 Å². The number of amides is 2. The SMILES string of the molecule is CC(C)C(NC(=O)c1c(F)cccc1F)C(=O)Nc1ccc(C#N)cc1. The molecule has 2 rings (SSSR count). The Morgan fingerprint density at radius 3 is 2.12 bits per heavy atom. The van der Waals surface area contributed by atoms with E-state index in [1.54, 1.807) is 26.0 Å². The number of anilines is 1. The van der Waals surface area contributed by atoms with E-state index in [-0.39, 0.29) is 5.92 Å². The minimum Gasteiger partial charge on any atom is -0.340 e. The van der Waals surface area contributed by atoms with Crippen LogP contribution in [0.1, 0.15) is 29.8 Å². The van der Waals surface area contributed by atoms with Gasteiger partial charge in [0.1, 0.15) is 23.2 Å². The molecular formula is C19H17F2N3O2. The first-order chi connectivity index (χ1) is 12.3. The molecule has 0 aliphatic carbocycles. The van der Waals surface area contributed by atoms with Crippen LogP contribution >= 0.6 is 0 Å². The van der Waals surface area contributed by atoms with Crippen LogP contribution in [0.2, 0.25) is 0 Å². The summed E-state index contributed by atoms with van der Waals surface area (Å²) in [5, 5.41) is 13.8. The lowest BCUT2D eigenvalue weighted by Crippen LogP contribution is -2.47. The van der Waals surface area contributed by atoms with Crippen molar-refractivity contribution in [3.63, 3.8) is 0 Å². The smallest absolute Gasteiger partial charge is 0.257 e. The van der Waals surface area contributed by atoms with E-state index in [9.17, 15) is 18.4 Å². The molecule has 0 bridgehead atoms. The lowest BCUT2D eigenvalue weighted by atomic mass is 10.0. The van der Waals surface area contributed by atoms with E-state index in [1.807, 2.05) is 6.07 Å². The summed E-state index contributed by atoms with van der Waals surface area (Å²) in [6.07, 6.45) is 0. The summed E-state index contributed by atoms with van der Waals surface area (Å²) >= 11 is 0. The van der Waals surface area contributed by atoms with Crippen molar-refractivity contribution < 1.29 is 18.4 Å². The van der Waals surface area contributed by atoms with E-state index in [0.717, 1.165) is 18.2 Å². The highest BCUT2D eigenvalue weighted by atomic mass is 19.1. The van der Waals surface area contributed by atoms with Gasteiger partial charge in [-0.05, 0) is 42.3 Å². The molecule has 0 aliphatic heterocycles. The maximum atomic E-state index is 13.7. The molecule has 134 valence electrons. The van der Waals surface area contributed by atoms with Gasteiger partial charge in [-0.1, -0.05) is 19.9 Å². The van der Waals surface area contributed by atoms with Crippen molar-refractivity contribution >= 4 is 17.5 Å². The molecule has 0 heterocycles.